The molecule has 1 aromatic carbocycles. The Hall–Kier alpha value is -3.81. The first kappa shape index (κ1) is 18.2. The number of imidazole rings is 1. The Kier molecular flexibility index (Phi) is 3.56. The molecule has 0 amide bonds. The van der Waals surface area contributed by atoms with E-state index in [1.165, 1.54) is 16.7 Å². The first-order chi connectivity index (χ1) is 14.3. The smallest absolute Gasteiger partial charge is 0.423 e. The zero-order chi connectivity index (χ0) is 21.4. The van der Waals surface area contributed by atoms with Crippen molar-refractivity contribution in [3.8, 4) is 6.07 Å². The Bertz CT molecular complexity index is 1360. The summed E-state index contributed by atoms with van der Waals surface area (Å²) in [5.74, 6) is -0.682. The van der Waals surface area contributed by atoms with Crippen LogP contribution in [0.15, 0.2) is 53.6 Å². The molecule has 1 aromatic heterocycles. The highest BCUT2D eigenvalue weighted by molar-refractivity contribution is 6.51. The van der Waals surface area contributed by atoms with Crippen molar-refractivity contribution in [2.45, 2.75) is 6.92 Å². The molecule has 2 unspecified atom stereocenters. The number of nitrogens with zero attached hydrogens (tertiary/aromatic N) is 4. The SMILES string of the molecule is CC12C=CC=C3c4nc5c([N+](=O)[O-])cc(C#N)cc5n4C(=O)C(=CC=C1B(O)O)C32. The molecule has 0 saturated heterocycles. The van der Waals surface area contributed by atoms with Crippen molar-refractivity contribution >= 4 is 35.3 Å². The molecule has 2 heterocycles. The van der Waals surface area contributed by atoms with Gasteiger partial charge in [0, 0.05) is 28.5 Å². The molecule has 0 fully saturated rings. The number of rotatable bonds is 2. The van der Waals surface area contributed by atoms with Gasteiger partial charge in [-0.2, -0.15) is 5.26 Å². The van der Waals surface area contributed by atoms with Gasteiger partial charge in [-0.15, -0.1) is 0 Å². The molecule has 1 aliphatic heterocycles. The summed E-state index contributed by atoms with van der Waals surface area (Å²) in [5, 5.41) is 40.6. The second-order valence-corrected chi connectivity index (χ2v) is 7.62. The van der Waals surface area contributed by atoms with Gasteiger partial charge in [0.1, 0.15) is 5.82 Å². The number of nitro benzene ring substituents is 1. The summed E-state index contributed by atoms with van der Waals surface area (Å²) in [6.45, 7) is 1.81. The highest BCUT2D eigenvalue weighted by Gasteiger charge is 2.51. The van der Waals surface area contributed by atoms with Gasteiger partial charge in [-0.1, -0.05) is 37.3 Å². The normalized spacial score (nSPS) is 23.7. The highest BCUT2D eigenvalue weighted by atomic mass is 16.6. The summed E-state index contributed by atoms with van der Waals surface area (Å²) in [6.07, 6.45) is 8.40. The fourth-order valence-corrected chi connectivity index (χ4v) is 4.73. The standard InChI is InChI=1S/C20H13BN4O5/c1-20-6-2-3-11-16(20)12(4-5-15(20)21(27)28)19(26)24-13-7-10(9-22)8-14(25(29)30)17(13)23-18(11)24/h2-8,16,27-28H,1H3. The molecule has 3 aliphatic rings. The van der Waals surface area contributed by atoms with E-state index >= 15 is 0 Å². The topological polar surface area (TPSA) is 142 Å². The van der Waals surface area contributed by atoms with Gasteiger partial charge >= 0.3 is 7.12 Å². The minimum atomic E-state index is -1.70. The third kappa shape index (κ3) is 2.13. The van der Waals surface area contributed by atoms with Crippen LogP contribution in [0.5, 0.6) is 0 Å². The third-order valence-corrected chi connectivity index (χ3v) is 6.06. The molecular weight excluding hydrogens is 387 g/mol. The predicted octanol–water partition coefficient (Wildman–Crippen LogP) is 1.92. The first-order valence-electron chi connectivity index (χ1n) is 9.12. The molecule has 2 atom stereocenters. The molecular formula is C20H13BN4O5. The molecule has 146 valence electrons. The molecule has 9 nitrogen and oxygen atoms in total. The van der Waals surface area contributed by atoms with Gasteiger partial charge in [-0.05, 0) is 11.5 Å². The van der Waals surface area contributed by atoms with Gasteiger partial charge in [0.15, 0.2) is 5.52 Å². The van der Waals surface area contributed by atoms with Crippen LogP contribution in [0.2, 0.25) is 0 Å². The number of carbonyl (C=O) groups excluding carboxylic acids is 1. The summed E-state index contributed by atoms with van der Waals surface area (Å²) in [7, 11) is -1.70. The quantitative estimate of drug-likeness (QED) is 0.446. The molecule has 2 aliphatic carbocycles. The largest absolute Gasteiger partial charge is 0.485 e. The zero-order valence-corrected chi connectivity index (χ0v) is 15.6. The summed E-state index contributed by atoms with van der Waals surface area (Å²) < 4.78 is 1.30. The molecule has 10 heteroatoms. The summed E-state index contributed by atoms with van der Waals surface area (Å²) in [6, 6.07) is 4.44. The fraction of sp³-hybridized carbons (Fsp3) is 0.150. The number of non-ortho nitro benzene ring substituents is 1. The lowest BCUT2D eigenvalue weighted by Crippen LogP contribution is -2.44. The van der Waals surface area contributed by atoms with Gasteiger partial charge in [-0.3, -0.25) is 19.5 Å². The van der Waals surface area contributed by atoms with Gasteiger partial charge < -0.3 is 10.0 Å². The molecule has 30 heavy (non-hydrogen) atoms. The van der Waals surface area contributed by atoms with Gasteiger partial charge in [-0.25, -0.2) is 4.98 Å². The average Bonchev–Trinajstić information content (AvgIpc) is 3.09. The Morgan fingerprint density at radius 3 is 2.73 bits per heavy atom. The van der Waals surface area contributed by atoms with E-state index < -0.39 is 29.3 Å². The maximum atomic E-state index is 13.5. The molecule has 5 rings (SSSR count). The molecule has 2 N–H and O–H groups in total. The van der Waals surface area contributed by atoms with Gasteiger partial charge in [0.05, 0.1) is 22.1 Å². The maximum Gasteiger partial charge on any atom is 0.485 e. The zero-order valence-electron chi connectivity index (χ0n) is 15.6. The van der Waals surface area contributed by atoms with E-state index in [1.807, 2.05) is 6.07 Å². The number of aromatic nitrogens is 2. The number of benzene rings is 1. The fourth-order valence-electron chi connectivity index (χ4n) is 4.73. The third-order valence-electron chi connectivity index (χ3n) is 6.06. The number of fused-ring (bicyclic) bond motifs is 4. The Morgan fingerprint density at radius 1 is 1.30 bits per heavy atom. The van der Waals surface area contributed by atoms with Gasteiger partial charge in [0.25, 0.3) is 11.6 Å². The van der Waals surface area contributed by atoms with Crippen molar-refractivity contribution in [1.29, 1.82) is 5.26 Å². The van der Waals surface area contributed by atoms with Crippen LogP contribution in [0.1, 0.15) is 23.1 Å². The minimum Gasteiger partial charge on any atom is -0.423 e. The van der Waals surface area contributed by atoms with Crippen LogP contribution in [0, 0.1) is 32.8 Å². The Morgan fingerprint density at radius 2 is 2.07 bits per heavy atom. The van der Waals surface area contributed by atoms with Crippen molar-refractivity contribution < 1.29 is 19.8 Å². The number of carbonyl (C=O) groups is 1. The molecule has 2 aromatic rings. The van der Waals surface area contributed by atoms with Crippen LogP contribution < -0.4 is 0 Å². The summed E-state index contributed by atoms with van der Waals surface area (Å²) in [5.41, 5.74) is 0.435. The number of allylic oxidation sites excluding steroid dienone is 8. The first-order valence-corrected chi connectivity index (χ1v) is 9.12. The monoisotopic (exact) mass is 400 g/mol. The van der Waals surface area contributed by atoms with Crippen LogP contribution in [0.4, 0.5) is 5.69 Å². The lowest BCUT2D eigenvalue weighted by molar-refractivity contribution is -0.383. The number of nitro groups is 1. The minimum absolute atomic E-state index is 0.0223. The van der Waals surface area contributed by atoms with Crippen LogP contribution in [0.3, 0.4) is 0 Å². The molecule has 0 bridgehead atoms. The van der Waals surface area contributed by atoms with E-state index in [4.69, 9.17) is 0 Å². The summed E-state index contributed by atoms with van der Waals surface area (Å²) in [4.78, 5) is 28.8. The summed E-state index contributed by atoms with van der Waals surface area (Å²) >= 11 is 0. The average molecular weight is 400 g/mol. The van der Waals surface area contributed by atoms with Crippen LogP contribution in [-0.2, 0) is 0 Å². The van der Waals surface area contributed by atoms with Crippen LogP contribution in [-0.4, -0.2) is 37.5 Å². The van der Waals surface area contributed by atoms with Crippen LogP contribution >= 0.6 is 0 Å². The number of nitriles is 1. The lowest BCUT2D eigenvalue weighted by Gasteiger charge is -2.45. The van der Waals surface area contributed by atoms with Crippen molar-refractivity contribution in [3.63, 3.8) is 0 Å². The molecule has 0 radical (unpaired) electrons. The van der Waals surface area contributed by atoms with E-state index in [9.17, 15) is 30.2 Å². The van der Waals surface area contributed by atoms with Gasteiger partial charge in [0.2, 0.25) is 0 Å². The second-order valence-electron chi connectivity index (χ2n) is 7.62. The maximum absolute atomic E-state index is 13.5. The highest BCUT2D eigenvalue weighted by Crippen LogP contribution is 2.55. The lowest BCUT2D eigenvalue weighted by atomic mass is 9.52. The predicted molar refractivity (Wildman–Crippen MR) is 107 cm³/mol. The van der Waals surface area contributed by atoms with E-state index in [0.29, 0.717) is 16.6 Å². The van der Waals surface area contributed by atoms with Crippen molar-refractivity contribution in [3.05, 3.63) is 75.1 Å². The van der Waals surface area contributed by atoms with E-state index in [2.05, 4.69) is 4.98 Å². The Balaban J connectivity index is 1.86. The van der Waals surface area contributed by atoms with E-state index in [-0.39, 0.29) is 28.1 Å². The van der Waals surface area contributed by atoms with E-state index in [1.54, 1.807) is 31.2 Å². The number of hydrogen-bond donors (Lipinski definition) is 2. The Labute approximate surface area is 169 Å². The van der Waals surface area contributed by atoms with Crippen molar-refractivity contribution in [1.82, 2.24) is 9.55 Å². The second kappa shape index (κ2) is 5.85. The molecule has 0 saturated carbocycles. The number of hydrogen-bond acceptors (Lipinski definition) is 7. The molecule has 0 spiro atoms. The van der Waals surface area contributed by atoms with Crippen molar-refractivity contribution in [2.24, 2.45) is 11.3 Å². The van der Waals surface area contributed by atoms with Crippen molar-refractivity contribution in [2.75, 3.05) is 0 Å². The van der Waals surface area contributed by atoms with Crippen LogP contribution in [0.25, 0.3) is 16.6 Å². The van der Waals surface area contributed by atoms with E-state index in [0.717, 1.165) is 6.07 Å².